The van der Waals surface area contributed by atoms with Crippen LogP contribution in [0, 0.1) is 0 Å². The molecule has 0 unspecified atom stereocenters. The number of benzene rings is 1. The van der Waals surface area contributed by atoms with Crippen molar-refractivity contribution in [3.63, 3.8) is 0 Å². The second kappa shape index (κ2) is 4.58. The van der Waals surface area contributed by atoms with Gasteiger partial charge in [-0.15, -0.1) is 0 Å². The van der Waals surface area contributed by atoms with E-state index in [1.165, 1.54) is 5.56 Å². The molecule has 1 rings (SSSR count). The second-order valence-electron chi connectivity index (χ2n) is 4.20. The van der Waals surface area contributed by atoms with Gasteiger partial charge in [0.25, 0.3) is 0 Å². The molecule has 0 aromatic heterocycles. The fourth-order valence-corrected chi connectivity index (χ4v) is 2.40. The zero-order valence-electron chi connectivity index (χ0n) is 8.71. The quantitative estimate of drug-likeness (QED) is 0.670. The molecule has 0 spiro atoms. The summed E-state index contributed by atoms with van der Waals surface area (Å²) < 4.78 is 5.77. The van der Waals surface area contributed by atoms with Crippen LogP contribution in [0.25, 0.3) is 0 Å². The summed E-state index contributed by atoms with van der Waals surface area (Å²) in [7, 11) is -0.391. The van der Waals surface area contributed by atoms with Gasteiger partial charge in [-0.2, -0.15) is 0 Å². The Morgan fingerprint density at radius 2 is 1.77 bits per heavy atom. The van der Waals surface area contributed by atoms with E-state index in [0.717, 1.165) is 6.04 Å². The minimum Gasteiger partial charge on any atom is -0.419 e. The van der Waals surface area contributed by atoms with E-state index in [-0.39, 0.29) is 5.60 Å². The Bertz CT molecular complexity index is 238. The third kappa shape index (κ3) is 4.86. The van der Waals surface area contributed by atoms with Crippen LogP contribution in [0.5, 0.6) is 0 Å². The maximum atomic E-state index is 5.77. The van der Waals surface area contributed by atoms with Gasteiger partial charge in [0.05, 0.1) is 0 Å². The lowest BCUT2D eigenvalue weighted by molar-refractivity contribution is 0.138. The molecule has 0 aliphatic rings. The van der Waals surface area contributed by atoms with Crippen LogP contribution in [0.15, 0.2) is 30.3 Å². The molecule has 0 saturated carbocycles. The molecule has 0 aliphatic carbocycles. The molecular weight excluding hydrogens is 176 g/mol. The Morgan fingerprint density at radius 1 is 1.15 bits per heavy atom. The molecule has 0 aliphatic heterocycles. The molecular formula is C11H18OSi. The highest BCUT2D eigenvalue weighted by molar-refractivity contribution is 6.26. The summed E-state index contributed by atoms with van der Waals surface area (Å²) in [5, 5.41) is 0. The first-order valence-electron chi connectivity index (χ1n) is 4.76. The molecule has 0 N–H and O–H groups in total. The Labute approximate surface area is 83.1 Å². The fourth-order valence-electron chi connectivity index (χ4n) is 1.12. The summed E-state index contributed by atoms with van der Waals surface area (Å²) in [5.74, 6) is 0. The van der Waals surface area contributed by atoms with E-state index in [1.807, 2.05) is 0 Å². The van der Waals surface area contributed by atoms with Gasteiger partial charge in [-0.3, -0.25) is 0 Å². The van der Waals surface area contributed by atoms with E-state index in [1.54, 1.807) is 0 Å². The van der Waals surface area contributed by atoms with E-state index in [4.69, 9.17) is 4.43 Å². The van der Waals surface area contributed by atoms with Gasteiger partial charge in [0, 0.05) is 5.60 Å². The molecule has 0 fully saturated rings. The van der Waals surface area contributed by atoms with Crippen LogP contribution in [0.3, 0.4) is 0 Å². The van der Waals surface area contributed by atoms with Gasteiger partial charge in [0.2, 0.25) is 0 Å². The highest BCUT2D eigenvalue weighted by Crippen LogP contribution is 2.06. The number of hydrogen-bond donors (Lipinski definition) is 0. The third-order valence-corrected chi connectivity index (χ3v) is 3.62. The molecule has 1 nitrogen and oxygen atoms in total. The largest absolute Gasteiger partial charge is 0.419 e. The zero-order chi connectivity index (χ0) is 9.73. The van der Waals surface area contributed by atoms with Crippen molar-refractivity contribution < 1.29 is 4.43 Å². The van der Waals surface area contributed by atoms with Crippen LogP contribution < -0.4 is 0 Å². The predicted molar refractivity (Wildman–Crippen MR) is 59.5 cm³/mol. The van der Waals surface area contributed by atoms with Crippen molar-refractivity contribution in [2.45, 2.75) is 32.4 Å². The van der Waals surface area contributed by atoms with Gasteiger partial charge >= 0.3 is 0 Å². The van der Waals surface area contributed by atoms with Crippen LogP contribution in [0.4, 0.5) is 0 Å². The molecule has 0 atom stereocenters. The molecule has 0 radical (unpaired) electrons. The average Bonchev–Trinajstić information content (AvgIpc) is 2.04. The van der Waals surface area contributed by atoms with E-state index in [0.29, 0.717) is 0 Å². The maximum Gasteiger partial charge on any atom is 0.166 e. The standard InChI is InChI=1S/C11H18OSi/c1-11(2,3)12-13-9-10-7-5-4-6-8-10/h4-8H,9,13H2,1-3H3. The summed E-state index contributed by atoms with van der Waals surface area (Å²) in [5.41, 5.74) is 1.44. The van der Waals surface area contributed by atoms with Crippen LogP contribution >= 0.6 is 0 Å². The first kappa shape index (κ1) is 10.5. The summed E-state index contributed by atoms with van der Waals surface area (Å²) in [6.07, 6.45) is 0. The smallest absolute Gasteiger partial charge is 0.166 e. The van der Waals surface area contributed by atoms with E-state index < -0.39 is 9.76 Å². The minimum absolute atomic E-state index is 0.0427. The molecule has 72 valence electrons. The lowest BCUT2D eigenvalue weighted by Gasteiger charge is -2.19. The highest BCUT2D eigenvalue weighted by atomic mass is 28.2. The SMILES string of the molecule is CC(C)(C)O[SiH2]Cc1ccccc1. The van der Waals surface area contributed by atoms with E-state index in [9.17, 15) is 0 Å². The Morgan fingerprint density at radius 3 is 2.31 bits per heavy atom. The van der Waals surface area contributed by atoms with Gasteiger partial charge in [-0.1, -0.05) is 30.3 Å². The number of hydrogen-bond acceptors (Lipinski definition) is 1. The third-order valence-electron chi connectivity index (χ3n) is 1.77. The Balaban J connectivity index is 2.29. The van der Waals surface area contributed by atoms with Gasteiger partial charge in [-0.25, -0.2) is 0 Å². The topological polar surface area (TPSA) is 9.23 Å². The highest BCUT2D eigenvalue weighted by Gasteiger charge is 2.08. The van der Waals surface area contributed by atoms with Crippen molar-refractivity contribution in [3.8, 4) is 0 Å². The maximum absolute atomic E-state index is 5.77. The molecule has 0 heterocycles. The summed E-state index contributed by atoms with van der Waals surface area (Å²) >= 11 is 0. The molecule has 1 aromatic rings. The number of rotatable bonds is 3. The molecule has 1 aromatic carbocycles. The average molecular weight is 194 g/mol. The molecule has 0 bridgehead atoms. The Kier molecular flexibility index (Phi) is 3.69. The van der Waals surface area contributed by atoms with Crippen LogP contribution in [-0.2, 0) is 10.5 Å². The zero-order valence-corrected chi connectivity index (χ0v) is 10.1. The van der Waals surface area contributed by atoms with Crippen LogP contribution in [-0.4, -0.2) is 15.4 Å². The van der Waals surface area contributed by atoms with Crippen molar-refractivity contribution in [1.82, 2.24) is 0 Å². The van der Waals surface area contributed by atoms with Crippen molar-refractivity contribution in [2.75, 3.05) is 0 Å². The summed E-state index contributed by atoms with van der Waals surface area (Å²) in [4.78, 5) is 0. The van der Waals surface area contributed by atoms with Gasteiger partial charge in [0.15, 0.2) is 9.76 Å². The predicted octanol–water partition coefficient (Wildman–Crippen LogP) is 2.09. The van der Waals surface area contributed by atoms with Crippen molar-refractivity contribution >= 4 is 9.76 Å². The first-order valence-corrected chi connectivity index (χ1v) is 6.33. The van der Waals surface area contributed by atoms with E-state index in [2.05, 4.69) is 51.1 Å². The lowest BCUT2D eigenvalue weighted by atomic mass is 10.2. The molecule has 0 amide bonds. The van der Waals surface area contributed by atoms with Crippen molar-refractivity contribution in [3.05, 3.63) is 35.9 Å². The lowest BCUT2D eigenvalue weighted by Crippen LogP contribution is -2.22. The minimum atomic E-state index is -0.391. The normalized spacial score (nSPS) is 12.5. The second-order valence-corrected chi connectivity index (χ2v) is 5.39. The molecule has 2 heteroatoms. The van der Waals surface area contributed by atoms with E-state index >= 15 is 0 Å². The van der Waals surface area contributed by atoms with Gasteiger partial charge in [0.1, 0.15) is 0 Å². The van der Waals surface area contributed by atoms with Crippen molar-refractivity contribution in [2.24, 2.45) is 0 Å². The van der Waals surface area contributed by atoms with Crippen LogP contribution in [0.2, 0.25) is 0 Å². The van der Waals surface area contributed by atoms with Crippen LogP contribution in [0.1, 0.15) is 26.3 Å². The van der Waals surface area contributed by atoms with Gasteiger partial charge in [-0.05, 0) is 32.4 Å². The van der Waals surface area contributed by atoms with Gasteiger partial charge < -0.3 is 4.43 Å². The molecule has 0 saturated heterocycles. The summed E-state index contributed by atoms with van der Waals surface area (Å²) in [6.45, 7) is 6.35. The molecule has 13 heavy (non-hydrogen) atoms. The first-order chi connectivity index (χ1) is 6.08. The fraction of sp³-hybridized carbons (Fsp3) is 0.455. The summed E-state index contributed by atoms with van der Waals surface area (Å²) in [6, 6.07) is 11.7. The van der Waals surface area contributed by atoms with Crippen molar-refractivity contribution in [1.29, 1.82) is 0 Å². The monoisotopic (exact) mass is 194 g/mol. The Hall–Kier alpha value is -0.603.